The molecule has 0 spiro atoms. The number of nitrogen functional groups attached to an aromatic ring is 1. The molecule has 0 saturated carbocycles. The minimum Gasteiger partial charge on any atom is -0.399 e. The molecule has 1 aliphatic carbocycles. The van der Waals surface area contributed by atoms with Crippen LogP contribution in [0.3, 0.4) is 0 Å². The lowest BCUT2D eigenvalue weighted by molar-refractivity contribution is -0.122. The van der Waals surface area contributed by atoms with Crippen LogP contribution < -0.4 is 11.1 Å². The van der Waals surface area contributed by atoms with Gasteiger partial charge in [0.15, 0.2) is 0 Å². The van der Waals surface area contributed by atoms with E-state index in [1.54, 1.807) is 0 Å². The van der Waals surface area contributed by atoms with Gasteiger partial charge in [-0.3, -0.25) is 4.79 Å². The summed E-state index contributed by atoms with van der Waals surface area (Å²) in [6, 6.07) is 6.22. The maximum absolute atomic E-state index is 12.1. The first-order valence-corrected chi connectivity index (χ1v) is 7.77. The smallest absolute Gasteiger partial charge is 0.220 e. The number of anilines is 1. The molecule has 110 valence electrons. The molecule has 1 aromatic carbocycles. The van der Waals surface area contributed by atoms with E-state index in [2.05, 4.69) is 25.2 Å². The van der Waals surface area contributed by atoms with Gasteiger partial charge >= 0.3 is 0 Å². The summed E-state index contributed by atoms with van der Waals surface area (Å²) in [4.78, 5) is 12.1. The molecule has 0 aromatic heterocycles. The molecular weight excluding hydrogens is 248 g/mol. The van der Waals surface area contributed by atoms with Crippen molar-refractivity contribution in [3.05, 3.63) is 29.3 Å². The number of hydrogen-bond donors (Lipinski definition) is 2. The Morgan fingerprint density at radius 1 is 1.50 bits per heavy atom. The van der Waals surface area contributed by atoms with Crippen molar-refractivity contribution in [3.8, 4) is 0 Å². The van der Waals surface area contributed by atoms with Crippen LogP contribution in [0.15, 0.2) is 18.2 Å². The molecule has 1 aliphatic rings. The van der Waals surface area contributed by atoms with Gasteiger partial charge < -0.3 is 11.1 Å². The topological polar surface area (TPSA) is 55.1 Å². The molecule has 2 unspecified atom stereocenters. The largest absolute Gasteiger partial charge is 0.399 e. The summed E-state index contributed by atoms with van der Waals surface area (Å²) >= 11 is 0. The van der Waals surface area contributed by atoms with Gasteiger partial charge in [0.25, 0.3) is 0 Å². The molecule has 1 amide bonds. The van der Waals surface area contributed by atoms with Crippen LogP contribution in [-0.4, -0.2) is 5.91 Å². The van der Waals surface area contributed by atoms with Crippen molar-refractivity contribution in [2.24, 2.45) is 5.92 Å². The fourth-order valence-electron chi connectivity index (χ4n) is 3.15. The predicted molar refractivity (Wildman–Crippen MR) is 83.4 cm³/mol. The minimum absolute atomic E-state index is 0.167. The average Bonchev–Trinajstić information content (AvgIpc) is 2.38. The second-order valence-electron chi connectivity index (χ2n) is 6.07. The molecule has 0 aliphatic heterocycles. The Morgan fingerprint density at radius 2 is 2.30 bits per heavy atom. The highest BCUT2D eigenvalue weighted by atomic mass is 16.1. The Kier molecular flexibility index (Phi) is 5.05. The monoisotopic (exact) mass is 274 g/mol. The first kappa shape index (κ1) is 14.9. The molecule has 0 bridgehead atoms. The second-order valence-corrected chi connectivity index (χ2v) is 6.07. The molecule has 3 nitrogen and oxygen atoms in total. The van der Waals surface area contributed by atoms with Crippen molar-refractivity contribution < 1.29 is 4.79 Å². The van der Waals surface area contributed by atoms with Gasteiger partial charge in [0.1, 0.15) is 0 Å². The highest BCUT2D eigenvalue weighted by Crippen LogP contribution is 2.31. The minimum atomic E-state index is 0.167. The number of fused-ring (bicyclic) bond motifs is 1. The third-order valence-corrected chi connectivity index (χ3v) is 4.13. The van der Waals surface area contributed by atoms with Crippen LogP contribution in [0.25, 0.3) is 0 Å². The Hall–Kier alpha value is -1.51. The van der Waals surface area contributed by atoms with Crippen LogP contribution in [0.4, 0.5) is 5.69 Å². The standard InChI is InChI=1S/C17H26N2O/c1-3-5-12(2)10-17(20)19-16-7-4-6-13-11-14(18)8-9-15(13)16/h8-9,11-12,16H,3-7,10,18H2,1-2H3,(H,19,20). The van der Waals surface area contributed by atoms with E-state index in [1.165, 1.54) is 11.1 Å². The van der Waals surface area contributed by atoms with Crippen LogP contribution in [0.1, 0.15) is 63.1 Å². The molecule has 0 radical (unpaired) electrons. The molecule has 3 heteroatoms. The average molecular weight is 274 g/mol. The summed E-state index contributed by atoms with van der Waals surface area (Å²) in [6.45, 7) is 4.31. The second kappa shape index (κ2) is 6.78. The van der Waals surface area contributed by atoms with E-state index >= 15 is 0 Å². The van der Waals surface area contributed by atoms with Crippen molar-refractivity contribution in [3.63, 3.8) is 0 Å². The molecule has 2 rings (SSSR count). The van der Waals surface area contributed by atoms with Crippen molar-refractivity contribution in [1.29, 1.82) is 0 Å². The summed E-state index contributed by atoms with van der Waals surface area (Å²) < 4.78 is 0. The van der Waals surface area contributed by atoms with Gasteiger partial charge in [-0.1, -0.05) is 32.8 Å². The van der Waals surface area contributed by atoms with Crippen LogP contribution >= 0.6 is 0 Å². The van der Waals surface area contributed by atoms with E-state index in [-0.39, 0.29) is 11.9 Å². The molecule has 1 aromatic rings. The van der Waals surface area contributed by atoms with Crippen molar-refractivity contribution >= 4 is 11.6 Å². The third-order valence-electron chi connectivity index (χ3n) is 4.13. The summed E-state index contributed by atoms with van der Waals surface area (Å²) in [5.41, 5.74) is 9.20. The van der Waals surface area contributed by atoms with Crippen molar-refractivity contribution in [2.75, 3.05) is 5.73 Å². The molecule has 20 heavy (non-hydrogen) atoms. The number of benzene rings is 1. The zero-order valence-corrected chi connectivity index (χ0v) is 12.6. The predicted octanol–water partition coefficient (Wildman–Crippen LogP) is 3.59. The number of nitrogens with two attached hydrogens (primary N) is 1. The quantitative estimate of drug-likeness (QED) is 0.806. The van der Waals surface area contributed by atoms with Gasteiger partial charge in [-0.15, -0.1) is 0 Å². The van der Waals surface area contributed by atoms with Gasteiger partial charge in [-0.25, -0.2) is 0 Å². The lowest BCUT2D eigenvalue weighted by atomic mass is 9.87. The number of carbonyl (C=O) groups is 1. The van der Waals surface area contributed by atoms with E-state index in [4.69, 9.17) is 5.73 Å². The third kappa shape index (κ3) is 3.75. The fourth-order valence-corrected chi connectivity index (χ4v) is 3.15. The molecule has 0 heterocycles. The molecule has 2 atom stereocenters. The summed E-state index contributed by atoms with van der Waals surface area (Å²) in [7, 11) is 0. The maximum Gasteiger partial charge on any atom is 0.220 e. The normalized spacial score (nSPS) is 19.2. The van der Waals surface area contributed by atoms with Crippen LogP contribution in [-0.2, 0) is 11.2 Å². The lowest BCUT2D eigenvalue weighted by Gasteiger charge is -2.27. The van der Waals surface area contributed by atoms with Gasteiger partial charge in [-0.2, -0.15) is 0 Å². The zero-order valence-electron chi connectivity index (χ0n) is 12.6. The molecule has 3 N–H and O–H groups in total. The number of aryl methyl sites for hydroxylation is 1. The fraction of sp³-hybridized carbons (Fsp3) is 0.588. The SMILES string of the molecule is CCCC(C)CC(=O)NC1CCCc2cc(N)ccc21. The summed E-state index contributed by atoms with van der Waals surface area (Å²) in [5.74, 6) is 0.648. The Labute approximate surface area is 121 Å². The van der Waals surface area contributed by atoms with E-state index in [0.29, 0.717) is 12.3 Å². The van der Waals surface area contributed by atoms with Gasteiger partial charge in [0, 0.05) is 12.1 Å². The zero-order chi connectivity index (χ0) is 14.5. The van der Waals surface area contributed by atoms with Gasteiger partial charge in [-0.05, 0) is 48.4 Å². The number of nitrogens with one attached hydrogen (secondary N) is 1. The molecule has 0 fully saturated rings. The van der Waals surface area contributed by atoms with E-state index in [1.807, 2.05) is 12.1 Å². The lowest BCUT2D eigenvalue weighted by Crippen LogP contribution is -2.31. The van der Waals surface area contributed by atoms with Crippen molar-refractivity contribution in [2.45, 2.75) is 58.4 Å². The number of carbonyl (C=O) groups excluding carboxylic acids is 1. The maximum atomic E-state index is 12.1. The van der Waals surface area contributed by atoms with E-state index < -0.39 is 0 Å². The molecule has 0 saturated heterocycles. The number of amides is 1. The summed E-state index contributed by atoms with van der Waals surface area (Å²) in [6.07, 6.45) is 6.11. The van der Waals surface area contributed by atoms with E-state index in [9.17, 15) is 4.79 Å². The Bertz CT molecular complexity index is 470. The summed E-state index contributed by atoms with van der Waals surface area (Å²) in [5, 5.41) is 3.20. The van der Waals surface area contributed by atoms with Gasteiger partial charge in [0.05, 0.1) is 6.04 Å². The molecular formula is C17H26N2O. The Balaban J connectivity index is 1.99. The van der Waals surface area contributed by atoms with Crippen LogP contribution in [0.5, 0.6) is 0 Å². The highest BCUT2D eigenvalue weighted by molar-refractivity contribution is 5.76. The first-order valence-electron chi connectivity index (χ1n) is 7.77. The first-order chi connectivity index (χ1) is 9.60. The van der Waals surface area contributed by atoms with Crippen molar-refractivity contribution in [1.82, 2.24) is 5.32 Å². The van der Waals surface area contributed by atoms with Crippen LogP contribution in [0.2, 0.25) is 0 Å². The Morgan fingerprint density at radius 3 is 3.05 bits per heavy atom. The van der Waals surface area contributed by atoms with Crippen LogP contribution in [0, 0.1) is 5.92 Å². The number of rotatable bonds is 5. The highest BCUT2D eigenvalue weighted by Gasteiger charge is 2.22. The van der Waals surface area contributed by atoms with Gasteiger partial charge in [0.2, 0.25) is 5.91 Å². The number of hydrogen-bond acceptors (Lipinski definition) is 2. The van der Waals surface area contributed by atoms with E-state index in [0.717, 1.165) is 37.8 Å².